The fraction of sp³-hybridized carbons (Fsp3) is 0.600. The van der Waals surface area contributed by atoms with Crippen molar-refractivity contribution in [2.24, 2.45) is 0 Å². The average molecular weight is 266 g/mol. The van der Waals surface area contributed by atoms with E-state index in [0.717, 1.165) is 42.7 Å². The van der Waals surface area contributed by atoms with Gasteiger partial charge < -0.3 is 19.3 Å². The van der Waals surface area contributed by atoms with E-state index in [4.69, 9.17) is 14.2 Å². The van der Waals surface area contributed by atoms with Crippen molar-refractivity contribution in [1.82, 2.24) is 0 Å². The Balaban J connectivity index is 2.46. The van der Waals surface area contributed by atoms with Crippen LogP contribution in [0.5, 0.6) is 17.2 Å². The molecule has 1 aromatic carbocycles. The maximum atomic E-state index is 10.2. The molecule has 0 saturated heterocycles. The van der Waals surface area contributed by atoms with Crippen LogP contribution in [0.2, 0.25) is 0 Å². The summed E-state index contributed by atoms with van der Waals surface area (Å²) in [6.45, 7) is 0. The first-order valence-corrected chi connectivity index (χ1v) is 6.69. The molecule has 2 atom stereocenters. The smallest absolute Gasteiger partial charge is 0.129 e. The number of benzene rings is 1. The summed E-state index contributed by atoms with van der Waals surface area (Å²) >= 11 is 0. The van der Waals surface area contributed by atoms with Crippen molar-refractivity contribution in [2.45, 2.75) is 37.7 Å². The summed E-state index contributed by atoms with van der Waals surface area (Å²) in [6, 6.07) is 3.69. The van der Waals surface area contributed by atoms with Crippen molar-refractivity contribution in [1.29, 1.82) is 0 Å². The van der Waals surface area contributed by atoms with Gasteiger partial charge in [0.05, 0.1) is 27.4 Å². The van der Waals surface area contributed by atoms with Crippen LogP contribution >= 0.6 is 0 Å². The minimum absolute atomic E-state index is 0.0737. The van der Waals surface area contributed by atoms with Crippen molar-refractivity contribution in [3.63, 3.8) is 0 Å². The molecule has 2 rings (SSSR count). The van der Waals surface area contributed by atoms with Gasteiger partial charge in [-0.05, 0) is 12.8 Å². The molecular formula is C15H22O4. The van der Waals surface area contributed by atoms with Crippen molar-refractivity contribution in [3.8, 4) is 17.2 Å². The van der Waals surface area contributed by atoms with E-state index in [1.165, 1.54) is 0 Å². The molecule has 1 N–H and O–H groups in total. The first-order chi connectivity index (χ1) is 9.21. The van der Waals surface area contributed by atoms with Crippen molar-refractivity contribution in [3.05, 3.63) is 17.7 Å². The van der Waals surface area contributed by atoms with Gasteiger partial charge in [0.15, 0.2) is 0 Å². The Labute approximate surface area is 114 Å². The predicted octanol–water partition coefficient (Wildman–Crippen LogP) is 2.73. The zero-order chi connectivity index (χ0) is 13.8. The van der Waals surface area contributed by atoms with Gasteiger partial charge in [-0.15, -0.1) is 0 Å². The van der Waals surface area contributed by atoms with E-state index in [0.29, 0.717) is 5.75 Å². The second-order valence-corrected chi connectivity index (χ2v) is 4.90. The largest absolute Gasteiger partial charge is 0.496 e. The molecule has 0 radical (unpaired) electrons. The van der Waals surface area contributed by atoms with Crippen molar-refractivity contribution in [2.75, 3.05) is 21.3 Å². The first-order valence-electron chi connectivity index (χ1n) is 6.69. The molecule has 19 heavy (non-hydrogen) atoms. The van der Waals surface area contributed by atoms with E-state index >= 15 is 0 Å². The van der Waals surface area contributed by atoms with E-state index in [9.17, 15) is 5.11 Å². The second-order valence-electron chi connectivity index (χ2n) is 4.90. The van der Waals surface area contributed by atoms with Crippen LogP contribution < -0.4 is 14.2 Å². The second kappa shape index (κ2) is 6.15. The van der Waals surface area contributed by atoms with E-state index in [1.54, 1.807) is 21.3 Å². The molecule has 0 amide bonds. The molecule has 0 heterocycles. The minimum atomic E-state index is -0.329. The summed E-state index contributed by atoms with van der Waals surface area (Å²) < 4.78 is 16.2. The monoisotopic (exact) mass is 266 g/mol. The standard InChI is InChI=1S/C15H22O4/c1-17-10-8-13(18-2)15(14(9-10)19-3)11-6-4-5-7-12(11)16/h8-9,11-12,16H,4-7H2,1-3H3/t11-,12-/m1/s1. The van der Waals surface area contributed by atoms with Crippen LogP contribution in [0.1, 0.15) is 37.2 Å². The van der Waals surface area contributed by atoms with Gasteiger partial charge in [0.1, 0.15) is 17.2 Å². The fourth-order valence-electron chi connectivity index (χ4n) is 2.85. The van der Waals surface area contributed by atoms with Gasteiger partial charge in [-0.1, -0.05) is 12.8 Å². The zero-order valence-electron chi connectivity index (χ0n) is 11.8. The van der Waals surface area contributed by atoms with Gasteiger partial charge in [-0.25, -0.2) is 0 Å². The molecule has 0 aliphatic heterocycles. The summed E-state index contributed by atoms with van der Waals surface area (Å²) in [4.78, 5) is 0. The summed E-state index contributed by atoms with van der Waals surface area (Å²) in [5.41, 5.74) is 0.956. The zero-order valence-corrected chi connectivity index (χ0v) is 11.8. The van der Waals surface area contributed by atoms with Crippen LogP contribution in [0.4, 0.5) is 0 Å². The maximum absolute atomic E-state index is 10.2. The lowest BCUT2D eigenvalue weighted by Crippen LogP contribution is -2.23. The van der Waals surface area contributed by atoms with E-state index in [2.05, 4.69) is 0 Å². The quantitative estimate of drug-likeness (QED) is 0.910. The lowest BCUT2D eigenvalue weighted by atomic mass is 9.81. The molecule has 4 nitrogen and oxygen atoms in total. The van der Waals surface area contributed by atoms with E-state index < -0.39 is 0 Å². The van der Waals surface area contributed by atoms with E-state index in [1.807, 2.05) is 12.1 Å². The van der Waals surface area contributed by atoms with Gasteiger partial charge in [0.25, 0.3) is 0 Å². The van der Waals surface area contributed by atoms with Crippen LogP contribution in [-0.2, 0) is 0 Å². The van der Waals surface area contributed by atoms with Crippen molar-refractivity contribution >= 4 is 0 Å². The summed E-state index contributed by atoms with van der Waals surface area (Å²) in [5.74, 6) is 2.22. The molecular weight excluding hydrogens is 244 g/mol. The SMILES string of the molecule is COc1cc(OC)c([C@@H]2CCCC[C@H]2O)c(OC)c1. The highest BCUT2D eigenvalue weighted by Gasteiger charge is 2.30. The van der Waals surface area contributed by atoms with Gasteiger partial charge in [-0.3, -0.25) is 0 Å². The lowest BCUT2D eigenvalue weighted by molar-refractivity contribution is 0.103. The maximum Gasteiger partial charge on any atom is 0.129 e. The van der Waals surface area contributed by atoms with Crippen LogP contribution in [0.25, 0.3) is 0 Å². The molecule has 4 heteroatoms. The molecule has 0 bridgehead atoms. The highest BCUT2D eigenvalue weighted by atomic mass is 16.5. The molecule has 106 valence electrons. The van der Waals surface area contributed by atoms with Crippen LogP contribution in [0.15, 0.2) is 12.1 Å². The number of hydrogen-bond acceptors (Lipinski definition) is 4. The Hall–Kier alpha value is -1.42. The average Bonchev–Trinajstić information content (AvgIpc) is 2.46. The Morgan fingerprint density at radius 1 is 0.947 bits per heavy atom. The number of methoxy groups -OCH3 is 3. The number of aliphatic hydroxyl groups is 1. The summed E-state index contributed by atoms with van der Waals surface area (Å²) in [7, 11) is 4.88. The Bertz CT molecular complexity index is 405. The molecule has 0 spiro atoms. The van der Waals surface area contributed by atoms with Gasteiger partial charge in [0.2, 0.25) is 0 Å². The third kappa shape index (κ3) is 2.78. The summed E-state index contributed by atoms with van der Waals surface area (Å²) in [6.07, 6.45) is 3.67. The fourth-order valence-corrected chi connectivity index (χ4v) is 2.85. The normalized spacial score (nSPS) is 22.9. The highest BCUT2D eigenvalue weighted by molar-refractivity contribution is 5.53. The van der Waals surface area contributed by atoms with Gasteiger partial charge >= 0.3 is 0 Å². The van der Waals surface area contributed by atoms with Crippen LogP contribution in [-0.4, -0.2) is 32.5 Å². The number of aliphatic hydroxyl groups excluding tert-OH is 1. The Morgan fingerprint density at radius 3 is 2.00 bits per heavy atom. The minimum Gasteiger partial charge on any atom is -0.496 e. The molecule has 0 aromatic heterocycles. The molecule has 1 fully saturated rings. The molecule has 1 aliphatic carbocycles. The lowest BCUT2D eigenvalue weighted by Gasteiger charge is -2.30. The Morgan fingerprint density at radius 2 is 1.53 bits per heavy atom. The van der Waals surface area contributed by atoms with Crippen LogP contribution in [0, 0.1) is 0 Å². The predicted molar refractivity (Wildman–Crippen MR) is 73.3 cm³/mol. The molecule has 0 unspecified atom stereocenters. The van der Waals surface area contributed by atoms with Crippen LogP contribution in [0.3, 0.4) is 0 Å². The van der Waals surface area contributed by atoms with Gasteiger partial charge in [-0.2, -0.15) is 0 Å². The molecule has 1 aliphatic rings. The number of ether oxygens (including phenoxy) is 3. The number of rotatable bonds is 4. The topological polar surface area (TPSA) is 47.9 Å². The molecule has 1 saturated carbocycles. The third-order valence-electron chi connectivity index (χ3n) is 3.85. The summed E-state index contributed by atoms with van der Waals surface area (Å²) in [5, 5.41) is 10.2. The van der Waals surface area contributed by atoms with Gasteiger partial charge in [0, 0.05) is 23.6 Å². The Kier molecular flexibility index (Phi) is 4.53. The van der Waals surface area contributed by atoms with Crippen molar-refractivity contribution < 1.29 is 19.3 Å². The molecule has 1 aromatic rings. The third-order valence-corrected chi connectivity index (χ3v) is 3.85. The van der Waals surface area contributed by atoms with E-state index in [-0.39, 0.29) is 12.0 Å². The number of hydrogen-bond donors (Lipinski definition) is 1. The highest BCUT2D eigenvalue weighted by Crippen LogP contribution is 2.44. The first kappa shape index (κ1) is 14.0.